The first kappa shape index (κ1) is 22.5. The zero-order valence-corrected chi connectivity index (χ0v) is 18.1. The summed E-state index contributed by atoms with van der Waals surface area (Å²) >= 11 is -4.12. The van der Waals surface area contributed by atoms with Gasteiger partial charge in [-0.3, -0.25) is 0 Å². The molecule has 162 valence electrons. The Hall–Kier alpha value is -3.23. The van der Waals surface area contributed by atoms with Crippen molar-refractivity contribution in [2.24, 2.45) is 0 Å². The molecule has 0 fully saturated rings. The molecule has 31 heavy (non-hydrogen) atoms. The Balaban J connectivity index is 1.92. The summed E-state index contributed by atoms with van der Waals surface area (Å²) in [6.07, 6.45) is 2.77. The van der Waals surface area contributed by atoms with Gasteiger partial charge in [-0.2, -0.15) is 0 Å². The van der Waals surface area contributed by atoms with Crippen LogP contribution in [0.5, 0.6) is 17.2 Å². The molecule has 0 saturated carbocycles. The number of hydrogen-bond donors (Lipinski definition) is 3. The molecular formula is C18H15GaO12. The fourth-order valence-corrected chi connectivity index (χ4v) is 4.89. The van der Waals surface area contributed by atoms with Gasteiger partial charge in [0.2, 0.25) is 0 Å². The van der Waals surface area contributed by atoms with Crippen molar-refractivity contribution in [2.75, 3.05) is 0 Å². The standard InChI is InChI=1S/3C6H6O4.Ga/c3*7-2-4-1-5(8)6(9)3-10-4;/h3*1,3,7,9H,2H2;/q;;;+3/p-3. The molecular weight excluding hydrogens is 478 g/mol. The summed E-state index contributed by atoms with van der Waals surface area (Å²) in [6.45, 7) is -1.53. The molecule has 0 unspecified atom stereocenters. The Morgan fingerprint density at radius 3 is 1.13 bits per heavy atom. The Kier molecular flexibility index (Phi) is 7.38. The van der Waals surface area contributed by atoms with E-state index in [0.29, 0.717) is 0 Å². The quantitative estimate of drug-likeness (QED) is 0.328. The number of aliphatic hydroxyl groups is 3. The SMILES string of the molecule is O=c1cc(CO)occ1[O][Ga]([O]c1coc(CO)cc1=O)[O]c1coc(CO)cc1=O. The fourth-order valence-electron chi connectivity index (χ4n) is 2.21. The van der Waals surface area contributed by atoms with Crippen LogP contribution in [0.1, 0.15) is 17.3 Å². The van der Waals surface area contributed by atoms with Crippen molar-refractivity contribution >= 4 is 17.3 Å². The molecule has 0 saturated heterocycles. The van der Waals surface area contributed by atoms with Crippen LogP contribution in [0.3, 0.4) is 0 Å². The van der Waals surface area contributed by atoms with Crippen LogP contribution in [0.25, 0.3) is 0 Å². The van der Waals surface area contributed by atoms with Crippen molar-refractivity contribution in [3.8, 4) is 17.2 Å². The normalized spacial score (nSPS) is 10.5. The Bertz CT molecular complexity index is 1060. The van der Waals surface area contributed by atoms with E-state index in [2.05, 4.69) is 0 Å². The van der Waals surface area contributed by atoms with Crippen molar-refractivity contribution in [1.82, 2.24) is 0 Å². The Morgan fingerprint density at radius 1 is 0.613 bits per heavy atom. The van der Waals surface area contributed by atoms with E-state index in [9.17, 15) is 14.4 Å². The molecule has 0 radical (unpaired) electrons. The maximum absolute atomic E-state index is 12.1. The average molecular weight is 493 g/mol. The predicted molar refractivity (Wildman–Crippen MR) is 100 cm³/mol. The van der Waals surface area contributed by atoms with Gasteiger partial charge in [-0.1, -0.05) is 0 Å². The first-order valence-electron chi connectivity index (χ1n) is 8.61. The van der Waals surface area contributed by atoms with E-state index >= 15 is 0 Å². The molecule has 0 aliphatic rings. The Morgan fingerprint density at radius 2 is 0.903 bits per heavy atom. The minimum absolute atomic E-state index is 0.0105. The number of aliphatic hydroxyl groups excluding tert-OH is 3. The summed E-state index contributed by atoms with van der Waals surface area (Å²) in [7, 11) is 0. The first-order valence-corrected chi connectivity index (χ1v) is 11.6. The van der Waals surface area contributed by atoms with E-state index < -0.39 is 53.4 Å². The van der Waals surface area contributed by atoms with Gasteiger partial charge in [0.05, 0.1) is 0 Å². The van der Waals surface area contributed by atoms with Gasteiger partial charge in [0.15, 0.2) is 0 Å². The fraction of sp³-hybridized carbons (Fsp3) is 0.167. The topological polar surface area (TPSA) is 179 Å². The van der Waals surface area contributed by atoms with Crippen LogP contribution in [-0.4, -0.2) is 32.6 Å². The molecule has 0 aromatic carbocycles. The second kappa shape index (κ2) is 10.2. The van der Waals surface area contributed by atoms with Gasteiger partial charge in [0.1, 0.15) is 0 Å². The molecule has 0 aliphatic carbocycles. The summed E-state index contributed by atoms with van der Waals surface area (Å²) in [4.78, 5) is 36.4. The molecule has 0 atom stereocenters. The van der Waals surface area contributed by atoms with Crippen LogP contribution in [0.2, 0.25) is 0 Å². The van der Waals surface area contributed by atoms with Crippen LogP contribution in [0.4, 0.5) is 0 Å². The molecule has 3 heterocycles. The second-order valence-corrected chi connectivity index (χ2v) is 8.54. The van der Waals surface area contributed by atoms with Gasteiger partial charge < -0.3 is 0 Å². The average Bonchev–Trinajstić information content (AvgIpc) is 2.77. The third kappa shape index (κ3) is 5.68. The zero-order valence-electron chi connectivity index (χ0n) is 15.7. The van der Waals surface area contributed by atoms with Crippen LogP contribution >= 0.6 is 0 Å². The molecule has 12 nitrogen and oxygen atoms in total. The van der Waals surface area contributed by atoms with Crippen LogP contribution < -0.4 is 26.9 Å². The van der Waals surface area contributed by atoms with Gasteiger partial charge in [-0.15, -0.1) is 0 Å². The van der Waals surface area contributed by atoms with E-state index in [-0.39, 0.29) is 34.5 Å². The van der Waals surface area contributed by atoms with Crippen molar-refractivity contribution in [3.05, 3.63) is 84.9 Å². The molecule has 0 spiro atoms. The summed E-state index contributed by atoms with van der Waals surface area (Å²) in [5.41, 5.74) is -1.99. The van der Waals surface area contributed by atoms with Crippen molar-refractivity contribution in [2.45, 2.75) is 19.8 Å². The molecule has 3 N–H and O–H groups in total. The number of hydrogen-bond acceptors (Lipinski definition) is 12. The van der Waals surface area contributed by atoms with E-state index in [0.717, 1.165) is 37.0 Å². The van der Waals surface area contributed by atoms with Gasteiger partial charge in [0.25, 0.3) is 0 Å². The van der Waals surface area contributed by atoms with E-state index in [4.69, 9.17) is 39.2 Å². The Labute approximate surface area is 178 Å². The molecule has 0 aliphatic heterocycles. The predicted octanol–water partition coefficient (Wildman–Crippen LogP) is -0.455. The molecule has 3 aromatic rings. The van der Waals surface area contributed by atoms with Crippen molar-refractivity contribution in [1.29, 1.82) is 0 Å². The summed E-state index contributed by atoms with van der Waals surface area (Å²) in [5.74, 6) is -1.05. The van der Waals surface area contributed by atoms with Gasteiger partial charge in [0, 0.05) is 0 Å². The van der Waals surface area contributed by atoms with Crippen LogP contribution in [-0.2, 0) is 19.8 Å². The minimum atomic E-state index is -4.12. The van der Waals surface area contributed by atoms with E-state index in [1.165, 1.54) is 0 Å². The molecule has 0 amide bonds. The summed E-state index contributed by atoms with van der Waals surface area (Å²) < 4.78 is 31.5. The molecule has 3 rings (SSSR count). The van der Waals surface area contributed by atoms with E-state index in [1.807, 2.05) is 0 Å². The second-order valence-electron chi connectivity index (χ2n) is 5.84. The van der Waals surface area contributed by atoms with Crippen molar-refractivity contribution < 1.29 is 39.2 Å². The third-order valence-corrected chi connectivity index (χ3v) is 6.50. The zero-order chi connectivity index (χ0) is 22.4. The van der Waals surface area contributed by atoms with Crippen molar-refractivity contribution in [3.63, 3.8) is 0 Å². The molecule has 13 heteroatoms. The van der Waals surface area contributed by atoms with Gasteiger partial charge >= 0.3 is 178 Å². The third-order valence-electron chi connectivity index (χ3n) is 3.69. The maximum atomic E-state index is 12.1. The van der Waals surface area contributed by atoms with Gasteiger partial charge in [-0.25, -0.2) is 0 Å². The van der Waals surface area contributed by atoms with E-state index in [1.54, 1.807) is 0 Å². The molecule has 3 aromatic heterocycles. The summed E-state index contributed by atoms with van der Waals surface area (Å²) in [6, 6.07) is 2.97. The van der Waals surface area contributed by atoms with Crippen LogP contribution in [0, 0.1) is 0 Å². The molecule has 0 bridgehead atoms. The first-order chi connectivity index (χ1) is 14.9. The van der Waals surface area contributed by atoms with Crippen LogP contribution in [0.15, 0.2) is 64.6 Å². The monoisotopic (exact) mass is 492 g/mol. The van der Waals surface area contributed by atoms with Gasteiger partial charge in [-0.05, 0) is 0 Å². The number of rotatable bonds is 9. The summed E-state index contributed by atoms with van der Waals surface area (Å²) in [5, 5.41) is 27.1.